The Morgan fingerprint density at radius 3 is 2.55 bits per heavy atom. The summed E-state index contributed by atoms with van der Waals surface area (Å²) in [6.07, 6.45) is 2.57. The molecule has 0 aliphatic carbocycles. The molecule has 1 aromatic rings. The number of carboxylic acids is 1. The number of esters is 2. The Labute approximate surface area is 171 Å². The van der Waals surface area contributed by atoms with Crippen LogP contribution in [0.2, 0.25) is 0 Å². The van der Waals surface area contributed by atoms with E-state index in [-0.39, 0.29) is 18.6 Å². The number of hydrogen-bond acceptors (Lipinski definition) is 6. The number of rotatable bonds is 14. The first kappa shape index (κ1) is 24.4. The Morgan fingerprint density at radius 1 is 1.14 bits per heavy atom. The number of carboxylic acid groups (broad SMARTS) is 1. The van der Waals surface area contributed by atoms with Gasteiger partial charge in [0.05, 0.1) is 13.0 Å². The molecular weight excluding hydrogens is 376 g/mol. The Bertz CT molecular complexity index is 696. The lowest BCUT2D eigenvalue weighted by Gasteiger charge is -2.17. The van der Waals surface area contributed by atoms with Crippen LogP contribution >= 0.6 is 0 Å². The van der Waals surface area contributed by atoms with Crippen LogP contribution in [0.25, 0.3) is 0 Å². The van der Waals surface area contributed by atoms with Gasteiger partial charge in [-0.05, 0) is 31.0 Å². The standard InChI is InChI=1S/C22H30O7/c1-4-5-6-7-12-27-13-11-19(29-21(25)17(3)15-20(23)24)22(26)28-18-10-8-9-16(2)14-18/h8-10,14,19H,3-7,11-13,15H2,1-2H3,(H,23,24). The maximum Gasteiger partial charge on any atom is 0.352 e. The summed E-state index contributed by atoms with van der Waals surface area (Å²) in [6, 6.07) is 6.91. The molecule has 0 amide bonds. The molecule has 1 aromatic carbocycles. The molecule has 0 bridgehead atoms. The highest BCUT2D eigenvalue weighted by Gasteiger charge is 2.26. The first-order valence-corrected chi connectivity index (χ1v) is 9.80. The van der Waals surface area contributed by atoms with Crippen LogP contribution in [-0.2, 0) is 23.9 Å². The minimum absolute atomic E-state index is 0.102. The molecule has 0 aliphatic heterocycles. The fraction of sp³-hybridized carbons (Fsp3) is 0.500. The van der Waals surface area contributed by atoms with Crippen molar-refractivity contribution in [2.24, 2.45) is 0 Å². The minimum atomic E-state index is -1.22. The average molecular weight is 406 g/mol. The number of aliphatic carboxylic acids is 1. The molecule has 0 heterocycles. The summed E-state index contributed by atoms with van der Waals surface area (Å²) in [6.45, 7) is 8.15. The van der Waals surface area contributed by atoms with E-state index in [1.54, 1.807) is 18.2 Å². The van der Waals surface area contributed by atoms with Crippen LogP contribution in [0, 0.1) is 6.92 Å². The van der Waals surface area contributed by atoms with Crippen LogP contribution in [0.3, 0.4) is 0 Å². The van der Waals surface area contributed by atoms with E-state index in [0.717, 1.165) is 31.2 Å². The van der Waals surface area contributed by atoms with Crippen molar-refractivity contribution < 1.29 is 33.7 Å². The van der Waals surface area contributed by atoms with Gasteiger partial charge < -0.3 is 19.3 Å². The maximum absolute atomic E-state index is 12.5. The Kier molecular flexibility index (Phi) is 11.3. The third-order valence-corrected chi connectivity index (χ3v) is 4.04. The Morgan fingerprint density at radius 2 is 1.90 bits per heavy atom. The van der Waals surface area contributed by atoms with Crippen LogP contribution < -0.4 is 4.74 Å². The van der Waals surface area contributed by atoms with E-state index in [2.05, 4.69) is 13.5 Å². The molecular formula is C22H30O7. The molecule has 0 fully saturated rings. The summed E-state index contributed by atoms with van der Waals surface area (Å²) in [7, 11) is 0. The third-order valence-electron chi connectivity index (χ3n) is 4.04. The van der Waals surface area contributed by atoms with E-state index in [9.17, 15) is 14.4 Å². The molecule has 0 aliphatic rings. The molecule has 7 heteroatoms. The molecule has 0 radical (unpaired) electrons. The summed E-state index contributed by atoms with van der Waals surface area (Å²) in [5, 5.41) is 8.78. The number of carbonyl (C=O) groups is 3. The second kappa shape index (κ2) is 13.5. The van der Waals surface area contributed by atoms with Gasteiger partial charge in [-0.1, -0.05) is 44.9 Å². The Balaban J connectivity index is 2.65. The molecule has 0 saturated heterocycles. The highest BCUT2D eigenvalue weighted by atomic mass is 16.6. The number of hydrogen-bond donors (Lipinski definition) is 1. The molecule has 1 unspecified atom stereocenters. The lowest BCUT2D eigenvalue weighted by molar-refractivity contribution is -0.161. The van der Waals surface area contributed by atoms with E-state index in [4.69, 9.17) is 19.3 Å². The topological polar surface area (TPSA) is 99.1 Å². The van der Waals surface area contributed by atoms with Crippen LogP contribution in [0.1, 0.15) is 51.0 Å². The van der Waals surface area contributed by atoms with Gasteiger partial charge in [0.1, 0.15) is 5.75 Å². The van der Waals surface area contributed by atoms with Crippen molar-refractivity contribution >= 4 is 17.9 Å². The van der Waals surface area contributed by atoms with Crippen molar-refractivity contribution in [3.05, 3.63) is 42.0 Å². The second-order valence-corrected chi connectivity index (χ2v) is 6.77. The van der Waals surface area contributed by atoms with Crippen molar-refractivity contribution in [1.82, 2.24) is 0 Å². The molecule has 29 heavy (non-hydrogen) atoms. The van der Waals surface area contributed by atoms with Crippen molar-refractivity contribution in [1.29, 1.82) is 0 Å². The zero-order valence-electron chi connectivity index (χ0n) is 17.1. The molecule has 0 aromatic heterocycles. The zero-order valence-corrected chi connectivity index (χ0v) is 17.1. The van der Waals surface area contributed by atoms with Crippen LogP contribution in [0.4, 0.5) is 0 Å². The van der Waals surface area contributed by atoms with Gasteiger partial charge in [-0.25, -0.2) is 9.59 Å². The number of unbranched alkanes of at least 4 members (excludes halogenated alkanes) is 3. The molecule has 0 saturated carbocycles. The third kappa shape index (κ3) is 10.4. The highest BCUT2D eigenvalue weighted by molar-refractivity contribution is 5.94. The fourth-order valence-corrected chi connectivity index (χ4v) is 2.48. The molecule has 1 N–H and O–H groups in total. The predicted octanol–water partition coefficient (Wildman–Crippen LogP) is 3.83. The van der Waals surface area contributed by atoms with Crippen LogP contribution in [-0.4, -0.2) is 42.3 Å². The van der Waals surface area contributed by atoms with Crippen molar-refractivity contribution in [3.8, 4) is 5.75 Å². The van der Waals surface area contributed by atoms with E-state index >= 15 is 0 Å². The van der Waals surface area contributed by atoms with Gasteiger partial charge in [0.15, 0.2) is 0 Å². The van der Waals surface area contributed by atoms with Crippen LogP contribution in [0.15, 0.2) is 36.4 Å². The maximum atomic E-state index is 12.5. The normalized spacial score (nSPS) is 11.5. The van der Waals surface area contributed by atoms with Gasteiger partial charge in [0.2, 0.25) is 6.10 Å². The number of benzene rings is 1. The number of carbonyl (C=O) groups excluding carboxylic acids is 2. The van der Waals surface area contributed by atoms with Gasteiger partial charge in [0, 0.05) is 18.6 Å². The summed E-state index contributed by atoms with van der Waals surface area (Å²) >= 11 is 0. The molecule has 1 atom stereocenters. The van der Waals surface area contributed by atoms with E-state index in [1.165, 1.54) is 0 Å². The van der Waals surface area contributed by atoms with Gasteiger partial charge >= 0.3 is 17.9 Å². The van der Waals surface area contributed by atoms with Gasteiger partial charge in [-0.2, -0.15) is 0 Å². The number of ether oxygens (including phenoxy) is 3. The SMILES string of the molecule is C=C(CC(=O)O)C(=O)OC(CCOCCCCCC)C(=O)Oc1cccc(C)c1. The quantitative estimate of drug-likeness (QED) is 0.217. The molecule has 0 spiro atoms. The summed E-state index contributed by atoms with van der Waals surface area (Å²) < 4.78 is 16.0. The van der Waals surface area contributed by atoms with Gasteiger partial charge in [-0.3, -0.25) is 4.79 Å². The predicted molar refractivity (Wildman–Crippen MR) is 108 cm³/mol. The van der Waals surface area contributed by atoms with Crippen LogP contribution in [0.5, 0.6) is 5.75 Å². The van der Waals surface area contributed by atoms with Gasteiger partial charge in [-0.15, -0.1) is 0 Å². The second-order valence-electron chi connectivity index (χ2n) is 6.77. The smallest absolute Gasteiger partial charge is 0.352 e. The monoisotopic (exact) mass is 406 g/mol. The first-order chi connectivity index (χ1) is 13.8. The fourth-order valence-electron chi connectivity index (χ4n) is 2.48. The van der Waals surface area contributed by atoms with E-state index in [1.807, 2.05) is 13.0 Å². The summed E-state index contributed by atoms with van der Waals surface area (Å²) in [4.78, 5) is 35.3. The average Bonchev–Trinajstić information content (AvgIpc) is 2.65. The molecule has 7 nitrogen and oxygen atoms in total. The summed E-state index contributed by atoms with van der Waals surface area (Å²) in [5.41, 5.74) is 0.667. The van der Waals surface area contributed by atoms with E-state index < -0.39 is 30.4 Å². The minimum Gasteiger partial charge on any atom is -0.481 e. The highest BCUT2D eigenvalue weighted by Crippen LogP contribution is 2.16. The largest absolute Gasteiger partial charge is 0.481 e. The van der Waals surface area contributed by atoms with Crippen molar-refractivity contribution in [2.45, 2.75) is 58.5 Å². The van der Waals surface area contributed by atoms with Crippen molar-refractivity contribution in [3.63, 3.8) is 0 Å². The number of aryl methyl sites for hydroxylation is 1. The molecule has 160 valence electrons. The summed E-state index contributed by atoms with van der Waals surface area (Å²) in [5.74, 6) is -2.56. The lowest BCUT2D eigenvalue weighted by Crippen LogP contribution is -2.33. The Hall–Kier alpha value is -2.67. The molecule has 1 rings (SSSR count). The lowest BCUT2D eigenvalue weighted by atomic mass is 10.2. The van der Waals surface area contributed by atoms with Gasteiger partial charge in [0.25, 0.3) is 0 Å². The zero-order chi connectivity index (χ0) is 21.6. The van der Waals surface area contributed by atoms with E-state index in [0.29, 0.717) is 12.4 Å². The van der Waals surface area contributed by atoms with Crippen molar-refractivity contribution in [2.75, 3.05) is 13.2 Å². The first-order valence-electron chi connectivity index (χ1n) is 9.80.